The maximum Gasteiger partial charge on any atom is 0.334 e. The van der Waals surface area contributed by atoms with Crippen molar-refractivity contribution < 1.29 is 9.53 Å². The van der Waals surface area contributed by atoms with Crippen molar-refractivity contribution in [3.8, 4) is 11.1 Å². The molecule has 1 aliphatic carbocycles. The molecule has 0 saturated carbocycles. The lowest BCUT2D eigenvalue weighted by Gasteiger charge is -2.36. The fourth-order valence-corrected chi connectivity index (χ4v) is 4.13. The molecule has 0 saturated heterocycles. The molecule has 1 unspecified atom stereocenters. The quantitative estimate of drug-likeness (QED) is 0.441. The molecule has 3 aromatic carbocycles. The Morgan fingerprint density at radius 2 is 1.65 bits per heavy atom. The van der Waals surface area contributed by atoms with Gasteiger partial charge in [-0.1, -0.05) is 81.1 Å². The number of hydrogen-bond donors (Lipinski definition) is 0. The Bertz CT molecular complexity index is 1050. The van der Waals surface area contributed by atoms with Gasteiger partial charge in [0.15, 0.2) is 5.60 Å². The highest BCUT2D eigenvalue weighted by atomic mass is 16.6. The van der Waals surface area contributed by atoms with E-state index in [-0.39, 0.29) is 11.9 Å². The van der Waals surface area contributed by atoms with Gasteiger partial charge in [0, 0.05) is 22.6 Å². The third-order valence-electron chi connectivity index (χ3n) is 5.33. The summed E-state index contributed by atoms with van der Waals surface area (Å²) in [6.07, 6.45) is 0. The molecule has 0 bridgehead atoms. The first-order valence-electron chi connectivity index (χ1n) is 8.97. The van der Waals surface area contributed by atoms with E-state index in [4.69, 9.17) is 4.74 Å². The lowest BCUT2D eigenvalue weighted by atomic mass is 9.79. The van der Waals surface area contributed by atoms with Gasteiger partial charge in [-0.25, -0.2) is 4.79 Å². The molecule has 0 heterocycles. The molecular weight excluding hydrogens is 320 g/mol. The second-order valence-electron chi connectivity index (χ2n) is 7.32. The van der Waals surface area contributed by atoms with E-state index >= 15 is 0 Å². The van der Waals surface area contributed by atoms with E-state index in [9.17, 15) is 4.79 Å². The highest BCUT2D eigenvalue weighted by Gasteiger charge is 2.50. The van der Waals surface area contributed by atoms with Gasteiger partial charge >= 0.3 is 5.97 Å². The smallest absolute Gasteiger partial charge is 0.334 e. The van der Waals surface area contributed by atoms with Crippen LogP contribution >= 0.6 is 0 Å². The van der Waals surface area contributed by atoms with Crippen LogP contribution in [0.5, 0.6) is 0 Å². The maximum absolute atomic E-state index is 12.6. The predicted octanol–water partition coefficient (Wildman–Crippen LogP) is 5.84. The van der Waals surface area contributed by atoms with Crippen molar-refractivity contribution in [2.45, 2.75) is 26.4 Å². The van der Waals surface area contributed by atoms with Gasteiger partial charge in [0.1, 0.15) is 0 Å². The molecule has 26 heavy (non-hydrogen) atoms. The fourth-order valence-electron chi connectivity index (χ4n) is 4.13. The van der Waals surface area contributed by atoms with Crippen LogP contribution in [-0.2, 0) is 15.1 Å². The van der Waals surface area contributed by atoms with Crippen LogP contribution in [0.3, 0.4) is 0 Å². The molecule has 0 fully saturated rings. The first-order valence-corrected chi connectivity index (χ1v) is 8.97. The van der Waals surface area contributed by atoms with Crippen molar-refractivity contribution in [1.82, 2.24) is 0 Å². The molecule has 130 valence electrons. The number of esters is 1. The Labute approximate surface area is 154 Å². The van der Waals surface area contributed by atoms with E-state index in [1.165, 1.54) is 0 Å². The van der Waals surface area contributed by atoms with Gasteiger partial charge in [-0.2, -0.15) is 0 Å². The van der Waals surface area contributed by atoms with Gasteiger partial charge in [0.05, 0.1) is 0 Å². The van der Waals surface area contributed by atoms with Gasteiger partial charge in [-0.05, 0) is 28.8 Å². The predicted molar refractivity (Wildman–Crippen MR) is 106 cm³/mol. The molecule has 0 aromatic heterocycles. The van der Waals surface area contributed by atoms with Crippen LogP contribution in [0, 0.1) is 5.92 Å². The van der Waals surface area contributed by atoms with Crippen LogP contribution in [0.4, 0.5) is 0 Å². The largest absolute Gasteiger partial charge is 0.446 e. The molecule has 0 aliphatic heterocycles. The average molecular weight is 342 g/mol. The van der Waals surface area contributed by atoms with Crippen molar-refractivity contribution >= 4 is 16.7 Å². The minimum absolute atomic E-state index is 0.0685. The van der Waals surface area contributed by atoms with Crippen molar-refractivity contribution in [1.29, 1.82) is 0 Å². The molecule has 2 nitrogen and oxygen atoms in total. The molecule has 3 aromatic rings. The summed E-state index contributed by atoms with van der Waals surface area (Å²) in [6, 6.07) is 20.8. The van der Waals surface area contributed by atoms with Crippen LogP contribution in [0.2, 0.25) is 0 Å². The minimum Gasteiger partial charge on any atom is -0.446 e. The molecule has 0 N–H and O–H groups in total. The summed E-state index contributed by atoms with van der Waals surface area (Å²) in [6.45, 7) is 9.70. The first-order chi connectivity index (χ1) is 12.5. The monoisotopic (exact) mass is 342 g/mol. The van der Waals surface area contributed by atoms with E-state index in [2.05, 4.69) is 56.8 Å². The molecule has 1 aliphatic rings. The molecule has 1 atom stereocenters. The Morgan fingerprint density at radius 3 is 2.38 bits per heavy atom. The fraction of sp³-hybridized carbons (Fsp3) is 0.208. The lowest BCUT2D eigenvalue weighted by Crippen LogP contribution is -2.37. The number of carbonyl (C=O) groups excluding carboxylic acids is 1. The number of hydrogen-bond acceptors (Lipinski definition) is 2. The van der Waals surface area contributed by atoms with Gasteiger partial charge in [-0.15, -0.1) is 0 Å². The average Bonchev–Trinajstić information content (AvgIpc) is 2.93. The summed E-state index contributed by atoms with van der Waals surface area (Å²) in [5.41, 5.74) is 4.01. The molecule has 0 amide bonds. The second kappa shape index (κ2) is 5.84. The third kappa shape index (κ3) is 2.15. The SMILES string of the molecule is C=C(C)C(=O)OC1(C(C)C)c2ccccc2-c2ccc3ccccc3c21. The summed E-state index contributed by atoms with van der Waals surface area (Å²) < 4.78 is 6.24. The summed E-state index contributed by atoms with van der Waals surface area (Å²) in [5, 5.41) is 2.28. The lowest BCUT2D eigenvalue weighted by molar-refractivity contribution is -0.155. The zero-order valence-electron chi connectivity index (χ0n) is 15.4. The van der Waals surface area contributed by atoms with E-state index in [1.54, 1.807) is 6.92 Å². The topological polar surface area (TPSA) is 26.3 Å². The second-order valence-corrected chi connectivity index (χ2v) is 7.32. The van der Waals surface area contributed by atoms with Crippen LogP contribution in [0.25, 0.3) is 21.9 Å². The highest BCUT2D eigenvalue weighted by molar-refractivity contribution is 5.98. The number of rotatable bonds is 3. The molecule has 4 rings (SSSR count). The summed E-state index contributed by atoms with van der Waals surface area (Å²) in [7, 11) is 0. The minimum atomic E-state index is -0.817. The highest BCUT2D eigenvalue weighted by Crippen LogP contribution is 2.55. The number of ether oxygens (including phenoxy) is 1. The van der Waals surface area contributed by atoms with Crippen molar-refractivity contribution in [3.05, 3.63) is 83.9 Å². The normalized spacial score (nSPS) is 17.8. The number of fused-ring (bicyclic) bond motifs is 5. The van der Waals surface area contributed by atoms with Crippen LogP contribution < -0.4 is 0 Å². The number of benzene rings is 3. The first kappa shape index (κ1) is 16.6. The van der Waals surface area contributed by atoms with Crippen molar-refractivity contribution in [2.24, 2.45) is 5.92 Å². The standard InChI is InChI=1S/C24H22O2/c1-15(2)23(25)26-24(16(3)4)21-12-8-7-11-19(21)20-14-13-17-9-5-6-10-18(17)22(20)24/h5-14,16H,1H2,2-4H3. The summed E-state index contributed by atoms with van der Waals surface area (Å²) >= 11 is 0. The number of carbonyl (C=O) groups is 1. The van der Waals surface area contributed by atoms with E-state index in [0.29, 0.717) is 5.57 Å². The van der Waals surface area contributed by atoms with Gasteiger partial charge in [0.2, 0.25) is 0 Å². The molecule has 2 heteroatoms. The van der Waals surface area contributed by atoms with Gasteiger partial charge < -0.3 is 4.74 Å². The van der Waals surface area contributed by atoms with Crippen LogP contribution in [-0.4, -0.2) is 5.97 Å². The summed E-state index contributed by atoms with van der Waals surface area (Å²) in [4.78, 5) is 12.6. The van der Waals surface area contributed by atoms with Crippen LogP contribution in [0.1, 0.15) is 31.9 Å². The zero-order valence-corrected chi connectivity index (χ0v) is 15.4. The molecule has 0 radical (unpaired) electrons. The van der Waals surface area contributed by atoms with E-state index in [0.717, 1.165) is 33.0 Å². The molecular formula is C24H22O2. The van der Waals surface area contributed by atoms with Gasteiger partial charge in [-0.3, -0.25) is 0 Å². The Hall–Kier alpha value is -2.87. The van der Waals surface area contributed by atoms with E-state index in [1.807, 2.05) is 24.3 Å². The molecule has 0 spiro atoms. The maximum atomic E-state index is 12.6. The van der Waals surface area contributed by atoms with Gasteiger partial charge in [0.25, 0.3) is 0 Å². The van der Waals surface area contributed by atoms with Crippen molar-refractivity contribution in [3.63, 3.8) is 0 Å². The van der Waals surface area contributed by atoms with Crippen molar-refractivity contribution in [2.75, 3.05) is 0 Å². The summed E-state index contributed by atoms with van der Waals surface area (Å²) in [5.74, 6) is -0.284. The Balaban J connectivity index is 2.13. The third-order valence-corrected chi connectivity index (χ3v) is 5.33. The van der Waals surface area contributed by atoms with Crippen LogP contribution in [0.15, 0.2) is 72.8 Å². The Morgan fingerprint density at radius 1 is 0.962 bits per heavy atom. The Kier molecular flexibility index (Phi) is 3.73. The van der Waals surface area contributed by atoms with E-state index < -0.39 is 5.60 Å². The zero-order chi connectivity index (χ0) is 18.5.